The van der Waals surface area contributed by atoms with Gasteiger partial charge < -0.3 is 10.0 Å². The first-order chi connectivity index (χ1) is 9.52. The van der Waals surface area contributed by atoms with Gasteiger partial charge in [-0.3, -0.25) is 9.59 Å². The van der Waals surface area contributed by atoms with E-state index in [0.29, 0.717) is 6.54 Å². The predicted molar refractivity (Wildman–Crippen MR) is 78.8 cm³/mol. The zero-order valence-electron chi connectivity index (χ0n) is 11.7. The van der Waals surface area contributed by atoms with Crippen LogP contribution < -0.4 is 0 Å². The SMILES string of the molecule is CCN(CC(C)C(=O)O)C(=O)C1Cc2ccccc2S1. The van der Waals surface area contributed by atoms with Gasteiger partial charge in [0.2, 0.25) is 5.91 Å². The van der Waals surface area contributed by atoms with E-state index < -0.39 is 11.9 Å². The lowest BCUT2D eigenvalue weighted by Crippen LogP contribution is -2.41. The van der Waals surface area contributed by atoms with Crippen LogP contribution in [0.2, 0.25) is 0 Å². The van der Waals surface area contributed by atoms with E-state index in [0.717, 1.165) is 11.3 Å². The number of benzene rings is 1. The Morgan fingerprint density at radius 1 is 1.45 bits per heavy atom. The lowest BCUT2D eigenvalue weighted by atomic mass is 10.1. The molecule has 4 nitrogen and oxygen atoms in total. The maximum absolute atomic E-state index is 12.5. The van der Waals surface area contributed by atoms with Gasteiger partial charge in [-0.25, -0.2) is 0 Å². The summed E-state index contributed by atoms with van der Waals surface area (Å²) >= 11 is 1.58. The van der Waals surface area contributed by atoms with Crippen LogP contribution in [0.15, 0.2) is 29.2 Å². The molecule has 2 atom stereocenters. The van der Waals surface area contributed by atoms with Crippen LogP contribution in [0.3, 0.4) is 0 Å². The molecule has 0 spiro atoms. The van der Waals surface area contributed by atoms with Gasteiger partial charge in [0.1, 0.15) is 0 Å². The number of carbonyl (C=O) groups excluding carboxylic acids is 1. The number of amides is 1. The van der Waals surface area contributed by atoms with Gasteiger partial charge in [-0.2, -0.15) is 0 Å². The van der Waals surface area contributed by atoms with Gasteiger partial charge in [0.05, 0.1) is 11.2 Å². The molecule has 2 rings (SSSR count). The molecule has 0 aromatic heterocycles. The molecule has 0 saturated carbocycles. The minimum absolute atomic E-state index is 0.0433. The molecule has 5 heteroatoms. The Hall–Kier alpha value is -1.49. The fraction of sp³-hybridized carbons (Fsp3) is 0.467. The van der Waals surface area contributed by atoms with Crippen molar-refractivity contribution in [3.05, 3.63) is 29.8 Å². The molecule has 1 N–H and O–H groups in total. The number of hydrogen-bond acceptors (Lipinski definition) is 3. The first-order valence-electron chi connectivity index (χ1n) is 6.79. The highest BCUT2D eigenvalue weighted by Crippen LogP contribution is 2.37. The molecule has 108 valence electrons. The third-order valence-electron chi connectivity index (χ3n) is 3.53. The number of rotatable bonds is 5. The first kappa shape index (κ1) is 14.9. The summed E-state index contributed by atoms with van der Waals surface area (Å²) in [5.41, 5.74) is 1.21. The maximum atomic E-state index is 12.5. The van der Waals surface area contributed by atoms with Crippen LogP contribution in [0.25, 0.3) is 0 Å². The van der Waals surface area contributed by atoms with Gasteiger partial charge in [0.15, 0.2) is 0 Å². The zero-order valence-corrected chi connectivity index (χ0v) is 12.5. The monoisotopic (exact) mass is 293 g/mol. The molecule has 1 heterocycles. The third kappa shape index (κ3) is 3.15. The van der Waals surface area contributed by atoms with Gasteiger partial charge in [-0.05, 0) is 25.0 Å². The highest BCUT2D eigenvalue weighted by atomic mass is 32.2. The van der Waals surface area contributed by atoms with Gasteiger partial charge in [-0.15, -0.1) is 11.8 Å². The van der Waals surface area contributed by atoms with Crippen LogP contribution in [0.1, 0.15) is 19.4 Å². The Kier molecular flexibility index (Phi) is 4.70. The standard InChI is InChI=1S/C15H19NO3S/c1-3-16(9-10(2)15(18)19)14(17)13-8-11-6-4-5-7-12(11)20-13/h4-7,10,13H,3,8-9H2,1-2H3,(H,18,19). The van der Waals surface area contributed by atoms with E-state index in [-0.39, 0.29) is 17.7 Å². The Morgan fingerprint density at radius 2 is 2.15 bits per heavy atom. The summed E-state index contributed by atoms with van der Waals surface area (Å²) in [7, 11) is 0. The normalized spacial score (nSPS) is 18.4. The number of hydrogen-bond donors (Lipinski definition) is 1. The summed E-state index contributed by atoms with van der Waals surface area (Å²) in [6, 6.07) is 8.04. The number of thioether (sulfide) groups is 1. The summed E-state index contributed by atoms with van der Waals surface area (Å²) in [6.07, 6.45) is 0.734. The van der Waals surface area contributed by atoms with Crippen molar-refractivity contribution in [2.75, 3.05) is 13.1 Å². The second-order valence-corrected chi connectivity index (χ2v) is 6.28. The van der Waals surface area contributed by atoms with Crippen molar-refractivity contribution in [2.24, 2.45) is 5.92 Å². The minimum Gasteiger partial charge on any atom is -0.481 e. The third-order valence-corrected chi connectivity index (χ3v) is 4.84. The van der Waals surface area contributed by atoms with E-state index in [9.17, 15) is 9.59 Å². The fourth-order valence-corrected chi connectivity index (χ4v) is 3.59. The lowest BCUT2D eigenvalue weighted by molar-refractivity contribution is -0.142. The summed E-state index contributed by atoms with van der Waals surface area (Å²) in [4.78, 5) is 26.3. The molecular weight excluding hydrogens is 274 g/mol. The summed E-state index contributed by atoms with van der Waals surface area (Å²) < 4.78 is 0. The van der Waals surface area contributed by atoms with Crippen molar-refractivity contribution in [2.45, 2.75) is 30.4 Å². The Balaban J connectivity index is 2.02. The molecule has 0 aliphatic carbocycles. The second kappa shape index (κ2) is 6.31. The molecule has 0 radical (unpaired) electrons. The molecule has 20 heavy (non-hydrogen) atoms. The van der Waals surface area contributed by atoms with Gasteiger partial charge in [0, 0.05) is 18.0 Å². The van der Waals surface area contributed by atoms with Crippen molar-refractivity contribution in [1.82, 2.24) is 4.90 Å². The largest absolute Gasteiger partial charge is 0.481 e. The summed E-state index contributed by atoms with van der Waals surface area (Å²) in [6.45, 7) is 4.34. The van der Waals surface area contributed by atoms with E-state index in [2.05, 4.69) is 0 Å². The average Bonchev–Trinajstić information content (AvgIpc) is 2.87. The van der Waals surface area contributed by atoms with E-state index in [1.807, 2.05) is 31.2 Å². The van der Waals surface area contributed by atoms with Crippen LogP contribution in [0.5, 0.6) is 0 Å². The van der Waals surface area contributed by atoms with Crippen molar-refractivity contribution in [1.29, 1.82) is 0 Å². The minimum atomic E-state index is -0.862. The highest BCUT2D eigenvalue weighted by molar-refractivity contribution is 8.01. The molecule has 1 aliphatic rings. The van der Waals surface area contributed by atoms with E-state index in [1.165, 1.54) is 5.56 Å². The van der Waals surface area contributed by atoms with Crippen LogP contribution in [-0.4, -0.2) is 40.2 Å². The van der Waals surface area contributed by atoms with Crippen molar-refractivity contribution in [3.63, 3.8) is 0 Å². The fourth-order valence-electron chi connectivity index (χ4n) is 2.31. The first-order valence-corrected chi connectivity index (χ1v) is 7.67. The molecule has 1 amide bonds. The Bertz CT molecular complexity index is 493. The van der Waals surface area contributed by atoms with Crippen molar-refractivity contribution in [3.8, 4) is 0 Å². The van der Waals surface area contributed by atoms with Crippen LogP contribution >= 0.6 is 11.8 Å². The molecular formula is C15H19NO3S. The van der Waals surface area contributed by atoms with Crippen LogP contribution in [0, 0.1) is 5.92 Å². The molecule has 0 saturated heterocycles. The zero-order chi connectivity index (χ0) is 14.7. The Labute approximate surface area is 123 Å². The second-order valence-electron chi connectivity index (χ2n) is 5.03. The molecule has 1 aromatic rings. The number of carboxylic acid groups (broad SMARTS) is 1. The predicted octanol–water partition coefficient (Wildman–Crippen LogP) is 2.27. The maximum Gasteiger partial charge on any atom is 0.308 e. The van der Waals surface area contributed by atoms with Gasteiger partial charge >= 0.3 is 5.97 Å². The van der Waals surface area contributed by atoms with Crippen LogP contribution in [-0.2, 0) is 16.0 Å². The van der Waals surface area contributed by atoms with E-state index >= 15 is 0 Å². The molecule has 1 aliphatic heterocycles. The quantitative estimate of drug-likeness (QED) is 0.905. The average molecular weight is 293 g/mol. The van der Waals surface area contributed by atoms with Gasteiger partial charge in [0.25, 0.3) is 0 Å². The number of fused-ring (bicyclic) bond motifs is 1. The molecule has 2 unspecified atom stereocenters. The lowest BCUT2D eigenvalue weighted by Gasteiger charge is -2.25. The molecule has 0 fully saturated rings. The Morgan fingerprint density at radius 3 is 2.75 bits per heavy atom. The van der Waals surface area contributed by atoms with Crippen molar-refractivity contribution >= 4 is 23.6 Å². The number of aliphatic carboxylic acids is 1. The van der Waals surface area contributed by atoms with Crippen LogP contribution in [0.4, 0.5) is 0 Å². The highest BCUT2D eigenvalue weighted by Gasteiger charge is 2.31. The smallest absolute Gasteiger partial charge is 0.308 e. The summed E-state index contributed by atoms with van der Waals surface area (Å²) in [5.74, 6) is -1.35. The molecule has 1 aromatic carbocycles. The van der Waals surface area contributed by atoms with Gasteiger partial charge in [-0.1, -0.05) is 25.1 Å². The van der Waals surface area contributed by atoms with E-state index in [1.54, 1.807) is 23.6 Å². The van der Waals surface area contributed by atoms with Crippen molar-refractivity contribution < 1.29 is 14.7 Å². The molecule has 0 bridgehead atoms. The number of carboxylic acids is 1. The topological polar surface area (TPSA) is 57.6 Å². The number of nitrogens with zero attached hydrogens (tertiary/aromatic N) is 1. The van der Waals surface area contributed by atoms with E-state index in [4.69, 9.17) is 5.11 Å². The number of carbonyl (C=O) groups is 2. The summed E-state index contributed by atoms with van der Waals surface area (Å²) in [5, 5.41) is 8.86.